The van der Waals surface area contributed by atoms with Gasteiger partial charge in [-0.25, -0.2) is 4.79 Å². The van der Waals surface area contributed by atoms with Crippen LogP contribution in [0.5, 0.6) is 0 Å². The molecule has 116 valence electrons. The third-order valence-corrected chi connectivity index (χ3v) is 4.37. The molecule has 0 aromatic rings. The van der Waals surface area contributed by atoms with E-state index >= 15 is 0 Å². The average Bonchev–Trinajstić information content (AvgIpc) is 2.38. The molecule has 1 amide bonds. The number of carbonyl (C=O) groups excluding carboxylic acids is 1. The van der Waals surface area contributed by atoms with E-state index in [0.717, 1.165) is 52.1 Å². The molecule has 0 radical (unpaired) electrons. The molecule has 1 N–H and O–H groups in total. The molecule has 2 aliphatic heterocycles. The van der Waals surface area contributed by atoms with E-state index < -0.39 is 5.60 Å². The van der Waals surface area contributed by atoms with Gasteiger partial charge in [0.05, 0.1) is 0 Å². The average molecular weight is 283 g/mol. The zero-order valence-corrected chi connectivity index (χ0v) is 13.4. The molecular formula is C15H29N3O2. The van der Waals surface area contributed by atoms with Gasteiger partial charge in [0.2, 0.25) is 0 Å². The first-order valence-corrected chi connectivity index (χ1v) is 7.74. The molecule has 0 aromatic heterocycles. The highest BCUT2D eigenvalue weighted by Crippen LogP contribution is 2.29. The fourth-order valence-electron chi connectivity index (χ4n) is 3.02. The van der Waals surface area contributed by atoms with E-state index in [1.165, 1.54) is 0 Å². The molecule has 2 heterocycles. The molecule has 0 aromatic carbocycles. The van der Waals surface area contributed by atoms with Crippen LogP contribution in [-0.2, 0) is 4.74 Å². The van der Waals surface area contributed by atoms with Crippen molar-refractivity contribution in [2.45, 2.75) is 51.7 Å². The van der Waals surface area contributed by atoms with Crippen molar-refractivity contribution in [2.24, 2.45) is 0 Å². The van der Waals surface area contributed by atoms with Crippen molar-refractivity contribution in [1.82, 2.24) is 15.1 Å². The third kappa shape index (κ3) is 3.85. The maximum absolute atomic E-state index is 12.1. The first kappa shape index (κ1) is 15.6. The molecule has 0 spiro atoms. The summed E-state index contributed by atoms with van der Waals surface area (Å²) in [6, 6.07) is 0. The van der Waals surface area contributed by atoms with Gasteiger partial charge in [0.25, 0.3) is 0 Å². The number of rotatable bonds is 1. The normalized spacial score (nSPS) is 24.5. The summed E-state index contributed by atoms with van der Waals surface area (Å²) < 4.78 is 5.45. The van der Waals surface area contributed by atoms with Gasteiger partial charge in [-0.1, -0.05) is 0 Å². The SMILES string of the molecule is CC(C)(C)OC(=O)N1CCC(C)(N2CCNCC2)CC1. The highest BCUT2D eigenvalue weighted by Gasteiger charge is 2.38. The molecule has 2 aliphatic rings. The molecule has 20 heavy (non-hydrogen) atoms. The summed E-state index contributed by atoms with van der Waals surface area (Å²) in [5.74, 6) is 0. The van der Waals surface area contributed by atoms with Crippen molar-refractivity contribution in [3.63, 3.8) is 0 Å². The van der Waals surface area contributed by atoms with E-state index in [2.05, 4.69) is 17.1 Å². The van der Waals surface area contributed by atoms with E-state index in [4.69, 9.17) is 4.74 Å². The van der Waals surface area contributed by atoms with Crippen molar-refractivity contribution >= 4 is 6.09 Å². The Labute approximate surface area is 122 Å². The number of piperazine rings is 1. The Morgan fingerprint density at radius 2 is 1.65 bits per heavy atom. The Bertz CT molecular complexity index is 338. The van der Waals surface area contributed by atoms with Crippen LogP contribution in [0.1, 0.15) is 40.5 Å². The Morgan fingerprint density at radius 3 is 2.15 bits per heavy atom. The van der Waals surface area contributed by atoms with Crippen molar-refractivity contribution < 1.29 is 9.53 Å². The Balaban J connectivity index is 1.86. The van der Waals surface area contributed by atoms with Crippen LogP contribution < -0.4 is 5.32 Å². The number of likely N-dealkylation sites (tertiary alicyclic amines) is 1. The summed E-state index contributed by atoms with van der Waals surface area (Å²) in [5.41, 5.74) is -0.170. The topological polar surface area (TPSA) is 44.8 Å². The van der Waals surface area contributed by atoms with Crippen molar-refractivity contribution in [2.75, 3.05) is 39.3 Å². The summed E-state index contributed by atoms with van der Waals surface area (Å²) in [4.78, 5) is 16.5. The van der Waals surface area contributed by atoms with Crippen LogP contribution in [0.25, 0.3) is 0 Å². The maximum atomic E-state index is 12.1. The van der Waals surface area contributed by atoms with Gasteiger partial charge in [-0.15, -0.1) is 0 Å². The summed E-state index contributed by atoms with van der Waals surface area (Å²) >= 11 is 0. The molecule has 0 aliphatic carbocycles. The van der Waals surface area contributed by atoms with E-state index in [-0.39, 0.29) is 11.6 Å². The zero-order valence-electron chi connectivity index (χ0n) is 13.4. The van der Waals surface area contributed by atoms with Gasteiger partial charge in [-0.2, -0.15) is 0 Å². The minimum atomic E-state index is -0.406. The van der Waals surface area contributed by atoms with Crippen LogP contribution in [0.4, 0.5) is 4.79 Å². The highest BCUT2D eigenvalue weighted by molar-refractivity contribution is 5.68. The van der Waals surface area contributed by atoms with E-state index in [9.17, 15) is 4.79 Å². The molecular weight excluding hydrogens is 254 g/mol. The van der Waals surface area contributed by atoms with E-state index in [1.807, 2.05) is 25.7 Å². The number of piperidine rings is 1. The number of nitrogens with zero attached hydrogens (tertiary/aromatic N) is 2. The summed E-state index contributed by atoms with van der Waals surface area (Å²) in [5, 5.41) is 3.40. The standard InChI is InChI=1S/C15H29N3O2/c1-14(2,3)20-13(19)17-9-5-15(4,6-10-17)18-11-7-16-8-12-18/h16H,5-12H2,1-4H3. The van der Waals surface area contributed by atoms with Gasteiger partial charge >= 0.3 is 6.09 Å². The molecule has 5 heteroatoms. The Kier molecular flexibility index (Phi) is 4.59. The first-order chi connectivity index (χ1) is 9.30. The van der Waals surface area contributed by atoms with Crippen LogP contribution in [0.2, 0.25) is 0 Å². The zero-order chi connectivity index (χ0) is 14.8. The second-order valence-electron chi connectivity index (χ2n) is 7.20. The molecule has 2 rings (SSSR count). The monoisotopic (exact) mass is 283 g/mol. The second-order valence-corrected chi connectivity index (χ2v) is 7.20. The van der Waals surface area contributed by atoms with Gasteiger partial charge in [0.1, 0.15) is 5.60 Å². The number of amides is 1. The lowest BCUT2D eigenvalue weighted by molar-refractivity contribution is -0.00460. The van der Waals surface area contributed by atoms with Gasteiger partial charge in [-0.3, -0.25) is 4.90 Å². The van der Waals surface area contributed by atoms with Crippen LogP contribution in [0, 0.1) is 0 Å². The predicted octanol–water partition coefficient (Wildman–Crippen LogP) is 1.68. The van der Waals surface area contributed by atoms with E-state index in [1.54, 1.807) is 0 Å². The smallest absolute Gasteiger partial charge is 0.410 e. The van der Waals surface area contributed by atoms with Crippen molar-refractivity contribution in [1.29, 1.82) is 0 Å². The molecule has 5 nitrogen and oxygen atoms in total. The summed E-state index contributed by atoms with van der Waals surface area (Å²) in [6.45, 7) is 14.1. The molecule has 0 atom stereocenters. The lowest BCUT2D eigenvalue weighted by Crippen LogP contribution is -2.59. The molecule has 0 saturated carbocycles. The number of hydrogen-bond donors (Lipinski definition) is 1. The fraction of sp³-hybridized carbons (Fsp3) is 0.933. The Morgan fingerprint density at radius 1 is 1.10 bits per heavy atom. The largest absolute Gasteiger partial charge is 0.444 e. The number of carbonyl (C=O) groups is 1. The van der Waals surface area contributed by atoms with E-state index in [0.29, 0.717) is 0 Å². The number of ether oxygens (including phenoxy) is 1. The number of hydrogen-bond acceptors (Lipinski definition) is 4. The fourth-order valence-corrected chi connectivity index (χ4v) is 3.02. The van der Waals surface area contributed by atoms with Crippen molar-refractivity contribution in [3.05, 3.63) is 0 Å². The van der Waals surface area contributed by atoms with Gasteiger partial charge < -0.3 is 15.0 Å². The van der Waals surface area contributed by atoms with Gasteiger partial charge in [0, 0.05) is 44.8 Å². The predicted molar refractivity (Wildman–Crippen MR) is 79.9 cm³/mol. The van der Waals surface area contributed by atoms with Crippen LogP contribution in [0.3, 0.4) is 0 Å². The van der Waals surface area contributed by atoms with Crippen LogP contribution in [-0.4, -0.2) is 66.3 Å². The lowest BCUT2D eigenvalue weighted by atomic mass is 9.87. The molecule has 2 saturated heterocycles. The quantitative estimate of drug-likeness (QED) is 0.795. The molecule has 0 bridgehead atoms. The van der Waals surface area contributed by atoms with Gasteiger partial charge in [0.15, 0.2) is 0 Å². The summed E-state index contributed by atoms with van der Waals surface area (Å²) in [6.07, 6.45) is 1.90. The van der Waals surface area contributed by atoms with Gasteiger partial charge in [-0.05, 0) is 40.5 Å². The minimum absolute atomic E-state index is 0.167. The number of nitrogens with one attached hydrogen (secondary N) is 1. The minimum Gasteiger partial charge on any atom is -0.444 e. The molecule has 0 unspecified atom stereocenters. The maximum Gasteiger partial charge on any atom is 0.410 e. The van der Waals surface area contributed by atoms with Crippen LogP contribution in [0.15, 0.2) is 0 Å². The molecule has 2 fully saturated rings. The highest BCUT2D eigenvalue weighted by atomic mass is 16.6. The Hall–Kier alpha value is -0.810. The van der Waals surface area contributed by atoms with Crippen molar-refractivity contribution in [3.8, 4) is 0 Å². The second kappa shape index (κ2) is 5.90. The first-order valence-electron chi connectivity index (χ1n) is 7.74. The lowest BCUT2D eigenvalue weighted by Gasteiger charge is -2.48. The third-order valence-electron chi connectivity index (χ3n) is 4.37. The summed E-state index contributed by atoms with van der Waals surface area (Å²) in [7, 11) is 0. The van der Waals surface area contributed by atoms with Crippen LogP contribution >= 0.6 is 0 Å².